The number of rotatable bonds is 5. The smallest absolute Gasteiger partial charge is 0.180 e. The number of methoxy groups -OCH3 is 1. The van der Waals surface area contributed by atoms with E-state index in [0.717, 1.165) is 11.1 Å². The Balaban J connectivity index is 2.21. The molecule has 0 radical (unpaired) electrons. The van der Waals surface area contributed by atoms with E-state index in [1.54, 1.807) is 24.3 Å². The van der Waals surface area contributed by atoms with Gasteiger partial charge in [0.25, 0.3) is 0 Å². The molecule has 21 heavy (non-hydrogen) atoms. The first-order valence-corrected chi connectivity index (χ1v) is 7.74. The second-order valence-electron chi connectivity index (χ2n) is 4.28. The SMILES string of the molecule is COc1cc(CCl)cc(Cl)c1OCc1ccc(F)c(Br)c1. The molecule has 0 spiro atoms. The van der Waals surface area contributed by atoms with Gasteiger partial charge in [0.1, 0.15) is 12.4 Å². The summed E-state index contributed by atoms with van der Waals surface area (Å²) in [6.07, 6.45) is 0. The van der Waals surface area contributed by atoms with Crippen LogP contribution in [0.15, 0.2) is 34.8 Å². The fraction of sp³-hybridized carbons (Fsp3) is 0.200. The Hall–Kier alpha value is -0.970. The highest BCUT2D eigenvalue weighted by atomic mass is 79.9. The molecule has 0 atom stereocenters. The molecular weight excluding hydrogens is 382 g/mol. The summed E-state index contributed by atoms with van der Waals surface area (Å²) in [7, 11) is 1.53. The van der Waals surface area contributed by atoms with Gasteiger partial charge < -0.3 is 9.47 Å². The minimum absolute atomic E-state index is 0.245. The second-order valence-corrected chi connectivity index (χ2v) is 5.81. The molecule has 0 saturated carbocycles. The molecule has 0 aromatic heterocycles. The van der Waals surface area contributed by atoms with Crippen molar-refractivity contribution in [3.8, 4) is 11.5 Å². The van der Waals surface area contributed by atoms with Crippen LogP contribution in [-0.4, -0.2) is 7.11 Å². The number of halogens is 4. The normalized spacial score (nSPS) is 10.5. The summed E-state index contributed by atoms with van der Waals surface area (Å²) in [5.41, 5.74) is 1.65. The maximum atomic E-state index is 13.2. The van der Waals surface area contributed by atoms with Crippen LogP contribution in [0.2, 0.25) is 5.02 Å². The molecular formula is C15H12BrCl2FO2. The highest BCUT2D eigenvalue weighted by molar-refractivity contribution is 9.10. The lowest BCUT2D eigenvalue weighted by Crippen LogP contribution is -1.99. The minimum atomic E-state index is -0.319. The van der Waals surface area contributed by atoms with Crippen molar-refractivity contribution in [2.45, 2.75) is 12.5 Å². The van der Waals surface area contributed by atoms with Crippen molar-refractivity contribution in [3.05, 3.63) is 56.8 Å². The van der Waals surface area contributed by atoms with E-state index < -0.39 is 0 Å². The lowest BCUT2D eigenvalue weighted by molar-refractivity contribution is 0.284. The summed E-state index contributed by atoms with van der Waals surface area (Å²) < 4.78 is 24.5. The third-order valence-electron chi connectivity index (χ3n) is 2.81. The molecule has 0 aliphatic rings. The molecule has 2 aromatic rings. The van der Waals surface area contributed by atoms with Crippen molar-refractivity contribution in [1.29, 1.82) is 0 Å². The molecule has 2 aromatic carbocycles. The summed E-state index contributed by atoms with van der Waals surface area (Å²) in [6, 6.07) is 8.18. The van der Waals surface area contributed by atoms with Crippen molar-refractivity contribution >= 4 is 39.1 Å². The zero-order chi connectivity index (χ0) is 15.4. The van der Waals surface area contributed by atoms with Crippen molar-refractivity contribution in [2.24, 2.45) is 0 Å². The van der Waals surface area contributed by atoms with Gasteiger partial charge in [-0.05, 0) is 51.3 Å². The lowest BCUT2D eigenvalue weighted by atomic mass is 10.2. The van der Waals surface area contributed by atoms with Crippen LogP contribution in [0.1, 0.15) is 11.1 Å². The summed E-state index contributed by atoms with van der Waals surface area (Å²) in [4.78, 5) is 0. The van der Waals surface area contributed by atoms with Gasteiger partial charge in [-0.2, -0.15) is 0 Å². The van der Waals surface area contributed by atoms with Gasteiger partial charge in [0, 0.05) is 5.88 Å². The van der Waals surface area contributed by atoms with Crippen molar-refractivity contribution in [3.63, 3.8) is 0 Å². The molecule has 0 heterocycles. The highest BCUT2D eigenvalue weighted by Crippen LogP contribution is 2.37. The van der Waals surface area contributed by atoms with Crippen molar-refractivity contribution < 1.29 is 13.9 Å². The van der Waals surface area contributed by atoms with Crippen LogP contribution < -0.4 is 9.47 Å². The molecule has 0 bridgehead atoms. The fourth-order valence-electron chi connectivity index (χ4n) is 1.78. The Labute approximate surface area is 140 Å². The zero-order valence-corrected chi connectivity index (χ0v) is 14.2. The average Bonchev–Trinajstić information content (AvgIpc) is 2.48. The summed E-state index contributed by atoms with van der Waals surface area (Å²) in [5.74, 6) is 0.968. The van der Waals surface area contributed by atoms with Crippen LogP contribution >= 0.6 is 39.1 Å². The molecule has 6 heteroatoms. The van der Waals surface area contributed by atoms with Gasteiger partial charge >= 0.3 is 0 Å². The standard InChI is InChI=1S/C15H12BrCl2FO2/c1-20-14-6-10(7-17)5-12(18)15(14)21-8-9-2-3-13(19)11(16)4-9/h2-6H,7-8H2,1H3. The first-order valence-electron chi connectivity index (χ1n) is 6.04. The van der Waals surface area contributed by atoms with E-state index in [0.29, 0.717) is 26.9 Å². The highest BCUT2D eigenvalue weighted by Gasteiger charge is 2.12. The van der Waals surface area contributed by atoms with Gasteiger partial charge in [-0.3, -0.25) is 0 Å². The number of hydrogen-bond donors (Lipinski definition) is 0. The summed E-state index contributed by atoms with van der Waals surface area (Å²) in [5, 5.41) is 0.422. The molecule has 112 valence electrons. The van der Waals surface area contributed by atoms with Crippen LogP contribution in [0, 0.1) is 5.82 Å². The molecule has 0 unspecified atom stereocenters. The number of hydrogen-bond acceptors (Lipinski definition) is 2. The molecule has 0 fully saturated rings. The van der Waals surface area contributed by atoms with Crippen LogP contribution in [0.5, 0.6) is 11.5 Å². The third kappa shape index (κ3) is 4.02. The Morgan fingerprint density at radius 1 is 1.19 bits per heavy atom. The summed E-state index contributed by atoms with van der Waals surface area (Å²) >= 11 is 15.1. The van der Waals surface area contributed by atoms with E-state index in [1.807, 2.05) is 0 Å². The third-order valence-corrected chi connectivity index (χ3v) is 4.01. The van der Waals surface area contributed by atoms with E-state index >= 15 is 0 Å². The number of benzene rings is 2. The van der Waals surface area contributed by atoms with E-state index in [9.17, 15) is 4.39 Å². The van der Waals surface area contributed by atoms with E-state index in [-0.39, 0.29) is 12.4 Å². The quantitative estimate of drug-likeness (QED) is 0.618. The molecule has 0 N–H and O–H groups in total. The van der Waals surface area contributed by atoms with Crippen LogP contribution in [0.4, 0.5) is 4.39 Å². The maximum Gasteiger partial charge on any atom is 0.180 e. The first-order chi connectivity index (χ1) is 10.0. The Bertz CT molecular complexity index is 650. The fourth-order valence-corrected chi connectivity index (χ4v) is 2.64. The van der Waals surface area contributed by atoms with Gasteiger partial charge in [-0.1, -0.05) is 17.7 Å². The van der Waals surface area contributed by atoms with Crippen LogP contribution in [0.3, 0.4) is 0 Å². The monoisotopic (exact) mass is 392 g/mol. The average molecular weight is 394 g/mol. The largest absolute Gasteiger partial charge is 0.493 e. The van der Waals surface area contributed by atoms with Crippen LogP contribution in [-0.2, 0) is 12.5 Å². The van der Waals surface area contributed by atoms with E-state index in [1.165, 1.54) is 13.2 Å². The van der Waals surface area contributed by atoms with Crippen molar-refractivity contribution in [1.82, 2.24) is 0 Å². The predicted octanol–water partition coefficient (Wildman–Crippen LogP) is 5.57. The number of alkyl halides is 1. The Kier molecular flexibility index (Phi) is 5.73. The summed E-state index contributed by atoms with van der Waals surface area (Å²) in [6.45, 7) is 0.245. The van der Waals surface area contributed by atoms with Crippen molar-refractivity contribution in [2.75, 3.05) is 7.11 Å². The predicted molar refractivity (Wildman–Crippen MR) is 86.0 cm³/mol. The van der Waals surface area contributed by atoms with Gasteiger partial charge in [0.2, 0.25) is 0 Å². The molecule has 2 nitrogen and oxygen atoms in total. The first kappa shape index (κ1) is 16.4. The van der Waals surface area contributed by atoms with Gasteiger partial charge in [0.05, 0.1) is 16.6 Å². The maximum absolute atomic E-state index is 13.2. The topological polar surface area (TPSA) is 18.5 Å². The molecule has 2 rings (SSSR count). The molecule has 0 aliphatic heterocycles. The lowest BCUT2D eigenvalue weighted by Gasteiger charge is -2.14. The molecule has 0 amide bonds. The Morgan fingerprint density at radius 3 is 2.57 bits per heavy atom. The second kappa shape index (κ2) is 7.34. The van der Waals surface area contributed by atoms with Gasteiger partial charge in [-0.15, -0.1) is 11.6 Å². The molecule has 0 saturated heterocycles. The zero-order valence-electron chi connectivity index (χ0n) is 11.1. The van der Waals surface area contributed by atoms with Gasteiger partial charge in [0.15, 0.2) is 11.5 Å². The van der Waals surface area contributed by atoms with E-state index in [2.05, 4.69) is 15.9 Å². The Morgan fingerprint density at radius 2 is 1.95 bits per heavy atom. The van der Waals surface area contributed by atoms with E-state index in [4.69, 9.17) is 32.7 Å². The molecule has 0 aliphatic carbocycles. The number of ether oxygens (including phenoxy) is 2. The van der Waals surface area contributed by atoms with Crippen LogP contribution in [0.25, 0.3) is 0 Å². The van der Waals surface area contributed by atoms with Gasteiger partial charge in [-0.25, -0.2) is 4.39 Å². The minimum Gasteiger partial charge on any atom is -0.493 e.